The first-order chi connectivity index (χ1) is 22.4. The smallest absolute Gasteiger partial charge is 0.263 e. The Bertz CT molecular complexity index is 1850. The van der Waals surface area contributed by atoms with Crippen molar-refractivity contribution in [3.8, 4) is 17.0 Å². The molecule has 2 heterocycles. The Balaban J connectivity index is 1.67. The number of aromatic hydroxyl groups is 1. The molecule has 2 fully saturated rings. The lowest BCUT2D eigenvalue weighted by molar-refractivity contribution is 0.407. The van der Waals surface area contributed by atoms with E-state index in [1.165, 1.54) is 22.0 Å². The zero-order valence-electron chi connectivity index (χ0n) is 28.0. The van der Waals surface area contributed by atoms with Gasteiger partial charge in [0, 0.05) is 41.2 Å². The molecule has 0 amide bonds. The number of anilines is 1. The molecule has 8 heteroatoms. The van der Waals surface area contributed by atoms with Crippen LogP contribution in [0.25, 0.3) is 32.7 Å². The van der Waals surface area contributed by atoms with Gasteiger partial charge >= 0.3 is 0 Å². The Labute approximate surface area is 271 Å². The Kier molecular flexibility index (Phi) is 10.3. The number of hydrogen-bond acceptors (Lipinski definition) is 6. The first-order valence-electron chi connectivity index (χ1n) is 18.3. The molecule has 1 aromatic heterocycles. The molecule has 6 rings (SSSR count). The van der Waals surface area contributed by atoms with Gasteiger partial charge in [0.1, 0.15) is 0 Å². The minimum absolute atomic E-state index is 0.0839. The molecule has 2 saturated carbocycles. The maximum Gasteiger partial charge on any atom is 0.263 e. The highest BCUT2D eigenvalue weighted by molar-refractivity contribution is 6.18. The molecule has 8 nitrogen and oxygen atoms in total. The molecule has 4 aliphatic rings. The summed E-state index contributed by atoms with van der Waals surface area (Å²) in [6, 6.07) is 3.97. The van der Waals surface area contributed by atoms with E-state index >= 15 is 0 Å². The highest BCUT2D eigenvalue weighted by atomic mass is 16.3. The van der Waals surface area contributed by atoms with Gasteiger partial charge in [-0.05, 0) is 50.7 Å². The highest BCUT2D eigenvalue weighted by Crippen LogP contribution is 2.41. The van der Waals surface area contributed by atoms with Crippen LogP contribution in [0.2, 0.25) is 0 Å². The second-order valence-corrected chi connectivity index (χ2v) is 14.0. The van der Waals surface area contributed by atoms with Gasteiger partial charge in [-0.15, -0.1) is 0 Å². The van der Waals surface area contributed by atoms with E-state index in [4.69, 9.17) is 4.99 Å². The molecular formula is C38H52N4O4. The molecule has 1 aliphatic heterocycles. The zero-order valence-corrected chi connectivity index (χ0v) is 28.0. The molecule has 3 aliphatic carbocycles. The van der Waals surface area contributed by atoms with Crippen molar-refractivity contribution in [2.45, 2.75) is 155 Å². The van der Waals surface area contributed by atoms with Crippen molar-refractivity contribution in [2.75, 3.05) is 5.32 Å². The van der Waals surface area contributed by atoms with Gasteiger partial charge in [0.05, 0.1) is 27.7 Å². The van der Waals surface area contributed by atoms with Gasteiger partial charge in [-0.3, -0.25) is 28.5 Å². The molecule has 0 atom stereocenters. The monoisotopic (exact) mass is 628 g/mol. The van der Waals surface area contributed by atoms with Crippen LogP contribution in [-0.4, -0.2) is 26.3 Å². The zero-order chi connectivity index (χ0) is 32.2. The van der Waals surface area contributed by atoms with Crippen molar-refractivity contribution in [3.63, 3.8) is 0 Å². The Morgan fingerprint density at radius 3 is 1.98 bits per heavy atom. The number of hydrogen-bond donors (Lipinski definition) is 2. The van der Waals surface area contributed by atoms with E-state index in [1.807, 2.05) is 6.07 Å². The summed E-state index contributed by atoms with van der Waals surface area (Å²) in [6.07, 6.45) is 18.5. The van der Waals surface area contributed by atoms with Crippen LogP contribution in [0.4, 0.5) is 5.69 Å². The normalized spacial score (nSPS) is 17.2. The summed E-state index contributed by atoms with van der Waals surface area (Å²) in [5, 5.41) is 17.9. The molecule has 2 N–H and O–H groups in total. The molecule has 1 aromatic carbocycles. The van der Waals surface area contributed by atoms with Crippen LogP contribution in [0, 0.1) is 0 Å². The molecule has 0 saturated heterocycles. The molecule has 0 bridgehead atoms. The van der Waals surface area contributed by atoms with E-state index < -0.39 is 0 Å². The maximum atomic E-state index is 14.4. The summed E-state index contributed by atoms with van der Waals surface area (Å²) in [5.41, 5.74) is 0.652. The van der Waals surface area contributed by atoms with Crippen LogP contribution in [-0.2, 0) is 13.1 Å². The molecular weight excluding hydrogens is 576 g/mol. The Morgan fingerprint density at radius 2 is 1.33 bits per heavy atom. The van der Waals surface area contributed by atoms with Crippen molar-refractivity contribution in [2.24, 2.45) is 4.99 Å². The second kappa shape index (κ2) is 14.6. The van der Waals surface area contributed by atoms with Crippen molar-refractivity contribution < 1.29 is 5.11 Å². The number of aromatic nitrogens is 2. The standard InChI is InChI=1S/C38H52N4O4/c1-3-5-7-15-21-41-35(43)27-23-30(40-26-19-13-10-14-20-26)34-32-28(36(44)42(38(34)46)22-16-8-6-4-2)24-29(33(31(27)32)37(41)45)39-25-17-11-9-12-18-25/h23-26,39,44H,3-22H2,1-2H3. The Morgan fingerprint density at radius 1 is 0.717 bits per heavy atom. The number of benzene rings is 2. The molecule has 248 valence electrons. The van der Waals surface area contributed by atoms with Crippen LogP contribution < -0.4 is 27.4 Å². The molecule has 46 heavy (non-hydrogen) atoms. The number of pyridine rings is 2. The lowest BCUT2D eigenvalue weighted by Crippen LogP contribution is -2.37. The predicted molar refractivity (Wildman–Crippen MR) is 188 cm³/mol. The first kappa shape index (κ1) is 32.5. The summed E-state index contributed by atoms with van der Waals surface area (Å²) in [6.45, 7) is 5.07. The largest absolute Gasteiger partial charge is 0.494 e. The minimum Gasteiger partial charge on any atom is -0.494 e. The van der Waals surface area contributed by atoms with Gasteiger partial charge in [0.2, 0.25) is 5.88 Å². The fraction of sp³-hybridized carbons (Fsp3) is 0.632. The summed E-state index contributed by atoms with van der Waals surface area (Å²) < 4.78 is 2.92. The topological polar surface area (TPSA) is 106 Å². The summed E-state index contributed by atoms with van der Waals surface area (Å²) in [7, 11) is 0. The number of rotatable bonds is 13. The number of nitrogens with zero attached hydrogens (tertiary/aromatic N) is 3. The lowest BCUT2D eigenvalue weighted by Gasteiger charge is -2.27. The van der Waals surface area contributed by atoms with Gasteiger partial charge in [-0.25, -0.2) is 0 Å². The first-order valence-corrected chi connectivity index (χ1v) is 18.3. The Hall–Kier alpha value is -3.42. The SMILES string of the molecule is CCCCCCn1c(O)c2cc(NC3CCCCC3)c3c4c2c(c(=NC2CCCCC2)cc-4c(=O)n(CCCCCC)c3=O)c1=O. The van der Waals surface area contributed by atoms with E-state index in [9.17, 15) is 19.5 Å². The van der Waals surface area contributed by atoms with Crippen molar-refractivity contribution in [3.05, 3.63) is 48.6 Å². The van der Waals surface area contributed by atoms with E-state index in [2.05, 4.69) is 19.2 Å². The van der Waals surface area contributed by atoms with Crippen molar-refractivity contribution in [1.29, 1.82) is 0 Å². The van der Waals surface area contributed by atoms with Gasteiger partial charge in [-0.2, -0.15) is 0 Å². The fourth-order valence-corrected chi connectivity index (χ4v) is 8.05. The van der Waals surface area contributed by atoms with Crippen LogP contribution in [0.1, 0.15) is 129 Å². The van der Waals surface area contributed by atoms with Gasteiger partial charge in [0.25, 0.3) is 16.7 Å². The average molecular weight is 629 g/mol. The summed E-state index contributed by atoms with van der Waals surface area (Å²) in [4.78, 5) is 48.2. The number of unbranched alkanes of at least 4 members (excludes halogenated alkanes) is 6. The molecule has 0 unspecified atom stereocenters. The van der Waals surface area contributed by atoms with Crippen LogP contribution in [0.3, 0.4) is 0 Å². The maximum absolute atomic E-state index is 14.4. The van der Waals surface area contributed by atoms with E-state index in [0.29, 0.717) is 56.8 Å². The molecule has 2 aromatic rings. The summed E-state index contributed by atoms with van der Waals surface area (Å²) in [5.74, 6) is -0.0881. The minimum atomic E-state index is -0.324. The van der Waals surface area contributed by atoms with Crippen molar-refractivity contribution in [1.82, 2.24) is 9.13 Å². The third kappa shape index (κ3) is 6.28. The van der Waals surface area contributed by atoms with Crippen LogP contribution >= 0.6 is 0 Å². The average Bonchev–Trinajstić information content (AvgIpc) is 3.06. The van der Waals surface area contributed by atoms with Crippen LogP contribution in [0.15, 0.2) is 31.5 Å². The second-order valence-electron chi connectivity index (χ2n) is 14.0. The quantitative estimate of drug-likeness (QED) is 0.118. The van der Waals surface area contributed by atoms with Gasteiger partial charge < -0.3 is 10.4 Å². The fourth-order valence-electron chi connectivity index (χ4n) is 8.05. The predicted octanol–water partition coefficient (Wildman–Crippen LogP) is 7.50. The van der Waals surface area contributed by atoms with Crippen LogP contribution in [0.5, 0.6) is 5.88 Å². The van der Waals surface area contributed by atoms with Gasteiger partial charge in [-0.1, -0.05) is 90.9 Å². The van der Waals surface area contributed by atoms with E-state index in [1.54, 1.807) is 6.07 Å². The summed E-state index contributed by atoms with van der Waals surface area (Å²) >= 11 is 0. The third-order valence-electron chi connectivity index (χ3n) is 10.6. The highest BCUT2D eigenvalue weighted by Gasteiger charge is 2.30. The number of nitrogens with one attached hydrogen (secondary N) is 1. The molecule has 0 spiro atoms. The van der Waals surface area contributed by atoms with E-state index in [-0.39, 0.29) is 34.6 Å². The third-order valence-corrected chi connectivity index (χ3v) is 10.6. The van der Waals surface area contributed by atoms with E-state index in [0.717, 1.165) is 103 Å². The van der Waals surface area contributed by atoms with Crippen molar-refractivity contribution >= 4 is 27.2 Å². The lowest BCUT2D eigenvalue weighted by atomic mass is 9.88. The van der Waals surface area contributed by atoms with Gasteiger partial charge in [0.15, 0.2) is 0 Å². The molecule has 0 radical (unpaired) electrons.